The summed E-state index contributed by atoms with van der Waals surface area (Å²) in [5, 5.41) is 11.4. The van der Waals surface area contributed by atoms with Gasteiger partial charge in [-0.15, -0.1) is 0 Å². The molecule has 2 heterocycles. The molecule has 32 heavy (non-hydrogen) atoms. The zero-order valence-electron chi connectivity index (χ0n) is 19.8. The lowest BCUT2D eigenvalue weighted by atomic mass is 9.85. The summed E-state index contributed by atoms with van der Waals surface area (Å²) in [6.07, 6.45) is 2.34. The number of hydrogen-bond donors (Lipinski definition) is 1. The second-order valence-corrected chi connectivity index (χ2v) is 9.59. The Morgan fingerprint density at radius 2 is 2.00 bits per heavy atom. The molecule has 166 valence electrons. The third-order valence-electron chi connectivity index (χ3n) is 5.98. The molecule has 1 atom stereocenters. The van der Waals surface area contributed by atoms with Crippen molar-refractivity contribution in [2.24, 2.45) is 0 Å². The number of hydrogen-bond acceptors (Lipinski definition) is 4. The number of aliphatic hydroxyl groups excluding tert-OH is 1. The van der Waals surface area contributed by atoms with Crippen LogP contribution >= 0.6 is 0 Å². The molecule has 2 aromatic carbocycles. The van der Waals surface area contributed by atoms with E-state index in [9.17, 15) is 5.11 Å². The average molecular weight is 429 g/mol. The van der Waals surface area contributed by atoms with Crippen molar-refractivity contribution in [3.63, 3.8) is 0 Å². The zero-order chi connectivity index (χ0) is 23.0. The number of rotatable bonds is 5. The molecule has 0 saturated carbocycles. The summed E-state index contributed by atoms with van der Waals surface area (Å²) in [6.45, 7) is 10.8. The normalized spacial score (nSPS) is 14.8. The predicted octanol–water partition coefficient (Wildman–Crippen LogP) is 4.74. The maximum atomic E-state index is 10.4. The predicted molar refractivity (Wildman–Crippen MR) is 131 cm³/mol. The van der Waals surface area contributed by atoms with Crippen LogP contribution in [0.5, 0.6) is 5.75 Å². The number of benzene rings is 2. The van der Waals surface area contributed by atoms with Gasteiger partial charge in [-0.05, 0) is 81.3 Å². The second-order valence-electron chi connectivity index (χ2n) is 9.59. The van der Waals surface area contributed by atoms with Gasteiger partial charge < -0.3 is 14.6 Å². The van der Waals surface area contributed by atoms with Gasteiger partial charge in [0.15, 0.2) is 0 Å². The van der Waals surface area contributed by atoms with Crippen LogP contribution in [0.2, 0.25) is 0 Å². The van der Waals surface area contributed by atoms with E-state index in [0.717, 1.165) is 70.5 Å². The molecular formula is C27H32BNO3. The number of aromatic nitrogens is 1. The number of fused-ring (bicyclic) bond motifs is 2. The van der Waals surface area contributed by atoms with Gasteiger partial charge in [0.1, 0.15) is 19.7 Å². The van der Waals surface area contributed by atoms with Crippen LogP contribution in [0.25, 0.3) is 22.0 Å². The third kappa shape index (κ3) is 4.42. The minimum atomic E-state index is -0.499. The van der Waals surface area contributed by atoms with Crippen LogP contribution in [0.3, 0.4) is 0 Å². The van der Waals surface area contributed by atoms with E-state index in [1.165, 1.54) is 5.56 Å². The monoisotopic (exact) mass is 429 g/mol. The molecule has 0 spiro atoms. The number of aliphatic hydroxyl groups is 1. The minimum absolute atomic E-state index is 0.130. The third-order valence-corrected chi connectivity index (χ3v) is 5.98. The fraction of sp³-hybridized carbons (Fsp3) is 0.444. The molecule has 0 unspecified atom stereocenters. The van der Waals surface area contributed by atoms with Gasteiger partial charge in [-0.2, -0.15) is 0 Å². The quantitative estimate of drug-likeness (QED) is 0.596. The lowest BCUT2D eigenvalue weighted by Gasteiger charge is -2.30. The van der Waals surface area contributed by atoms with Gasteiger partial charge in [0, 0.05) is 16.6 Å². The van der Waals surface area contributed by atoms with Crippen LogP contribution in [-0.4, -0.2) is 36.8 Å². The van der Waals surface area contributed by atoms with Gasteiger partial charge in [-0.25, -0.2) is 0 Å². The Morgan fingerprint density at radius 3 is 2.69 bits per heavy atom. The molecule has 0 aliphatic carbocycles. The smallest absolute Gasteiger partial charge is 0.122 e. The molecule has 1 aliphatic heterocycles. The Hall–Kier alpha value is -2.37. The molecule has 4 nitrogen and oxygen atoms in total. The van der Waals surface area contributed by atoms with Crippen molar-refractivity contribution < 1.29 is 14.6 Å². The largest absolute Gasteiger partial charge is 0.493 e. The minimum Gasteiger partial charge on any atom is -0.493 e. The van der Waals surface area contributed by atoms with Gasteiger partial charge in [0.2, 0.25) is 0 Å². The Labute approximate surface area is 192 Å². The average Bonchev–Trinajstić information content (AvgIpc) is 2.75. The molecule has 0 saturated heterocycles. The van der Waals surface area contributed by atoms with E-state index in [4.69, 9.17) is 22.3 Å². The summed E-state index contributed by atoms with van der Waals surface area (Å²) in [7, 11) is 6.33. The molecule has 0 amide bonds. The first-order valence-electron chi connectivity index (χ1n) is 11.5. The van der Waals surface area contributed by atoms with E-state index in [1.807, 2.05) is 39.8 Å². The first-order valence-corrected chi connectivity index (χ1v) is 11.5. The fourth-order valence-corrected chi connectivity index (χ4v) is 4.70. The summed E-state index contributed by atoms with van der Waals surface area (Å²) < 4.78 is 12.2. The summed E-state index contributed by atoms with van der Waals surface area (Å²) in [5.41, 5.74) is 7.47. The fourth-order valence-electron chi connectivity index (χ4n) is 4.70. The summed E-state index contributed by atoms with van der Waals surface area (Å²) >= 11 is 0. The SMILES string of the molecule is [B]c1cc(CC)c2nc(C)c([C@@H](CO)OC(C)(C)C)c(-c3ccc4c(c3)CCCO4)c2c1. The Bertz CT molecular complexity index is 1150. The van der Waals surface area contributed by atoms with Crippen LogP contribution < -0.4 is 10.2 Å². The van der Waals surface area contributed by atoms with Crippen LogP contribution in [0.1, 0.15) is 62.6 Å². The van der Waals surface area contributed by atoms with Crippen molar-refractivity contribution in [2.75, 3.05) is 13.2 Å². The van der Waals surface area contributed by atoms with Crippen LogP contribution in [0, 0.1) is 6.92 Å². The molecule has 0 fully saturated rings. The zero-order valence-corrected chi connectivity index (χ0v) is 19.8. The maximum Gasteiger partial charge on any atom is 0.122 e. The highest BCUT2D eigenvalue weighted by molar-refractivity contribution is 6.33. The standard InChI is InChI=1S/C27H32BNO3/c1-6-17-13-20(28)14-21-25(19-9-10-22-18(12-19)8-7-11-31-22)24(16(2)29-26(17)21)23(15-30)32-27(3,4)5/h9-10,12-14,23,30H,6-8,11,15H2,1-5H3/t23-/m1/s1. The van der Waals surface area contributed by atoms with Crippen molar-refractivity contribution >= 4 is 24.2 Å². The number of aryl methyl sites for hydroxylation is 3. The van der Waals surface area contributed by atoms with E-state index in [-0.39, 0.29) is 6.61 Å². The van der Waals surface area contributed by atoms with Crippen LogP contribution in [0.15, 0.2) is 30.3 Å². The highest BCUT2D eigenvalue weighted by Gasteiger charge is 2.27. The molecule has 3 aromatic rings. The van der Waals surface area contributed by atoms with E-state index in [2.05, 4.69) is 25.1 Å². The molecular weight excluding hydrogens is 397 g/mol. The van der Waals surface area contributed by atoms with E-state index < -0.39 is 11.7 Å². The second kappa shape index (κ2) is 8.88. The molecule has 1 aliphatic rings. The molecule has 4 rings (SSSR count). The van der Waals surface area contributed by atoms with Gasteiger partial charge in [-0.1, -0.05) is 30.6 Å². The summed E-state index contributed by atoms with van der Waals surface area (Å²) in [4.78, 5) is 4.99. The van der Waals surface area contributed by atoms with Crippen molar-refractivity contribution in [1.29, 1.82) is 0 Å². The molecule has 1 N–H and O–H groups in total. The van der Waals surface area contributed by atoms with Crippen molar-refractivity contribution in [1.82, 2.24) is 4.98 Å². The number of nitrogens with zero attached hydrogens (tertiary/aromatic N) is 1. The van der Waals surface area contributed by atoms with Crippen molar-refractivity contribution in [2.45, 2.75) is 65.6 Å². The number of pyridine rings is 1. The van der Waals surface area contributed by atoms with Crippen molar-refractivity contribution in [3.05, 3.63) is 52.7 Å². The lowest BCUT2D eigenvalue weighted by molar-refractivity contribution is -0.0823. The Balaban J connectivity index is 2.06. The van der Waals surface area contributed by atoms with Gasteiger partial charge >= 0.3 is 0 Å². The molecule has 2 radical (unpaired) electrons. The van der Waals surface area contributed by atoms with E-state index in [0.29, 0.717) is 5.46 Å². The molecule has 0 bridgehead atoms. The highest BCUT2D eigenvalue weighted by Crippen LogP contribution is 2.41. The van der Waals surface area contributed by atoms with Crippen LogP contribution in [-0.2, 0) is 17.6 Å². The first kappa shape index (κ1) is 22.8. The van der Waals surface area contributed by atoms with Gasteiger partial charge in [-0.3, -0.25) is 4.98 Å². The summed E-state index contributed by atoms with van der Waals surface area (Å²) in [5.74, 6) is 0.954. The topological polar surface area (TPSA) is 51.6 Å². The lowest BCUT2D eigenvalue weighted by Crippen LogP contribution is -2.26. The van der Waals surface area contributed by atoms with Gasteiger partial charge in [0.05, 0.1) is 24.3 Å². The molecule has 5 heteroatoms. The van der Waals surface area contributed by atoms with Crippen molar-refractivity contribution in [3.8, 4) is 16.9 Å². The highest BCUT2D eigenvalue weighted by atomic mass is 16.5. The van der Waals surface area contributed by atoms with E-state index >= 15 is 0 Å². The Morgan fingerprint density at radius 1 is 1.22 bits per heavy atom. The van der Waals surface area contributed by atoms with E-state index in [1.54, 1.807) is 0 Å². The maximum absolute atomic E-state index is 10.4. The summed E-state index contributed by atoms with van der Waals surface area (Å²) in [6, 6.07) is 10.4. The van der Waals surface area contributed by atoms with Gasteiger partial charge in [0.25, 0.3) is 0 Å². The number of ether oxygens (including phenoxy) is 2. The first-order chi connectivity index (χ1) is 15.2. The Kier molecular flexibility index (Phi) is 6.33. The van der Waals surface area contributed by atoms with Crippen LogP contribution in [0.4, 0.5) is 0 Å². The molecule has 1 aromatic heterocycles.